The van der Waals surface area contributed by atoms with Crippen LogP contribution in [0.25, 0.3) is 20.1 Å². The molecular weight excluding hydrogens is 1030 g/mol. The van der Waals surface area contributed by atoms with Crippen molar-refractivity contribution in [3.05, 3.63) is 173 Å². The van der Waals surface area contributed by atoms with Crippen molar-refractivity contribution in [1.29, 1.82) is 0 Å². The topological polar surface area (TPSA) is 93.1 Å². The van der Waals surface area contributed by atoms with Gasteiger partial charge in [-0.3, -0.25) is 0 Å². The molecule has 53 heavy (non-hydrogen) atoms. The SMILES string of the molecule is O=C(O)COc1ccc(C(=C(Br)c2ccccc2)c2ccc(Br)s2)cc1.O=C(O)COc1ccc(C(=C(Br)c2ccccc2)c2ccc(Br)s2)cc1.[Zn]. The Bertz CT molecular complexity index is 2030. The standard InChI is InChI=1S/2C20H14Br2O3S.Zn/c2*21-17-11-10-16(26-17)19(20(22)14-4-2-1-3-5-14)13-6-8-15(9-7-13)25-12-18(23)24;/h2*1-11H,12H2,(H,23,24);. The summed E-state index contributed by atoms with van der Waals surface area (Å²) in [5.41, 5.74) is 6.32. The minimum Gasteiger partial charge on any atom is -0.482 e. The van der Waals surface area contributed by atoms with Gasteiger partial charge in [-0.2, -0.15) is 0 Å². The Morgan fingerprint density at radius 1 is 0.491 bits per heavy atom. The molecule has 0 spiro atoms. The Kier molecular flexibility index (Phi) is 16.9. The van der Waals surface area contributed by atoms with Gasteiger partial charge in [-0.1, -0.05) is 84.9 Å². The van der Waals surface area contributed by atoms with E-state index in [1.54, 1.807) is 46.9 Å². The molecule has 0 unspecified atom stereocenters. The van der Waals surface area contributed by atoms with E-state index in [2.05, 4.69) is 100 Å². The second-order valence-electron chi connectivity index (χ2n) is 10.7. The fourth-order valence-corrected chi connectivity index (χ4v) is 9.43. The number of aliphatic carboxylic acids is 2. The Balaban J connectivity index is 0.000000232. The average Bonchev–Trinajstić information content (AvgIpc) is 3.79. The molecule has 6 aromatic rings. The molecule has 4 aromatic carbocycles. The third kappa shape index (κ3) is 12.4. The van der Waals surface area contributed by atoms with Crippen molar-refractivity contribution in [2.24, 2.45) is 0 Å². The fourth-order valence-electron chi connectivity index (χ4n) is 4.84. The number of benzene rings is 4. The molecule has 0 amide bonds. The number of halogens is 4. The van der Waals surface area contributed by atoms with E-state index < -0.39 is 11.9 Å². The number of hydrogen-bond donors (Lipinski definition) is 2. The first-order valence-electron chi connectivity index (χ1n) is 15.4. The van der Waals surface area contributed by atoms with Crippen LogP contribution in [-0.4, -0.2) is 35.4 Å². The van der Waals surface area contributed by atoms with Crippen LogP contribution in [0.2, 0.25) is 0 Å². The maximum absolute atomic E-state index is 10.6. The van der Waals surface area contributed by atoms with Gasteiger partial charge in [0.05, 0.1) is 7.57 Å². The maximum Gasteiger partial charge on any atom is 0.341 e. The van der Waals surface area contributed by atoms with E-state index in [9.17, 15) is 9.59 Å². The zero-order chi connectivity index (χ0) is 37.0. The summed E-state index contributed by atoms with van der Waals surface area (Å²) in [5.74, 6) is -0.938. The van der Waals surface area contributed by atoms with Crippen molar-refractivity contribution in [2.75, 3.05) is 13.2 Å². The predicted molar refractivity (Wildman–Crippen MR) is 226 cm³/mol. The van der Waals surface area contributed by atoms with Crippen LogP contribution in [0.1, 0.15) is 32.0 Å². The Morgan fingerprint density at radius 3 is 1.11 bits per heavy atom. The smallest absolute Gasteiger partial charge is 0.341 e. The number of thiophene rings is 2. The number of carbonyl (C=O) groups is 2. The van der Waals surface area contributed by atoms with Crippen LogP contribution < -0.4 is 9.47 Å². The third-order valence-corrected chi connectivity index (χ3v) is 12.1. The summed E-state index contributed by atoms with van der Waals surface area (Å²) >= 11 is 17.9. The summed E-state index contributed by atoms with van der Waals surface area (Å²) in [6.45, 7) is -0.707. The van der Waals surface area contributed by atoms with Gasteiger partial charge in [-0.05, 0) is 135 Å². The first-order valence-corrected chi connectivity index (χ1v) is 20.2. The summed E-state index contributed by atoms with van der Waals surface area (Å²) in [6, 6.07) is 43.3. The minimum atomic E-state index is -0.995. The number of ether oxygens (including phenoxy) is 2. The molecule has 6 rings (SSSR count). The Labute approximate surface area is 361 Å². The molecule has 0 bridgehead atoms. The van der Waals surface area contributed by atoms with Crippen molar-refractivity contribution in [2.45, 2.75) is 0 Å². The summed E-state index contributed by atoms with van der Waals surface area (Å²) < 4.78 is 14.5. The molecule has 0 aliphatic heterocycles. The van der Waals surface area contributed by atoms with E-state index >= 15 is 0 Å². The molecule has 6 nitrogen and oxygen atoms in total. The summed E-state index contributed by atoms with van der Waals surface area (Å²) in [6.07, 6.45) is 0. The van der Waals surface area contributed by atoms with Gasteiger partial charge >= 0.3 is 11.9 Å². The largest absolute Gasteiger partial charge is 0.482 e. The third-order valence-electron chi connectivity index (χ3n) is 7.14. The van der Waals surface area contributed by atoms with Crippen LogP contribution in [0, 0.1) is 0 Å². The number of rotatable bonds is 12. The molecule has 2 aromatic heterocycles. The van der Waals surface area contributed by atoms with Crippen LogP contribution in [-0.2, 0) is 29.1 Å². The number of hydrogen-bond acceptors (Lipinski definition) is 6. The molecule has 0 atom stereocenters. The van der Waals surface area contributed by atoms with Crippen LogP contribution in [0.4, 0.5) is 0 Å². The molecule has 2 N–H and O–H groups in total. The van der Waals surface area contributed by atoms with Gasteiger partial charge in [0.2, 0.25) is 0 Å². The first-order chi connectivity index (χ1) is 25.1. The molecule has 0 saturated heterocycles. The van der Waals surface area contributed by atoms with Gasteiger partial charge in [0.25, 0.3) is 0 Å². The summed E-state index contributed by atoms with van der Waals surface area (Å²) in [7, 11) is 0. The van der Waals surface area contributed by atoms with E-state index in [1.165, 1.54) is 0 Å². The van der Waals surface area contributed by atoms with Crippen LogP contribution >= 0.6 is 86.4 Å². The monoisotopic (exact) mass is 1050 g/mol. The van der Waals surface area contributed by atoms with Crippen molar-refractivity contribution < 1.29 is 48.8 Å². The maximum atomic E-state index is 10.6. The zero-order valence-corrected chi connectivity index (χ0v) is 38.6. The molecule has 0 aliphatic carbocycles. The normalized spacial score (nSPS) is 11.5. The Morgan fingerprint density at radius 2 is 0.830 bits per heavy atom. The summed E-state index contributed by atoms with van der Waals surface area (Å²) in [5, 5.41) is 17.5. The van der Waals surface area contributed by atoms with Gasteiger partial charge < -0.3 is 19.7 Å². The van der Waals surface area contributed by atoms with E-state index in [0.717, 1.165) is 59.7 Å². The first kappa shape index (κ1) is 42.6. The van der Waals surface area contributed by atoms with Crippen LogP contribution in [0.3, 0.4) is 0 Å². The number of carboxylic acid groups (broad SMARTS) is 2. The quantitative estimate of drug-likeness (QED) is 0.0937. The van der Waals surface area contributed by atoms with Crippen LogP contribution in [0.5, 0.6) is 11.5 Å². The van der Waals surface area contributed by atoms with Gasteiger partial charge in [-0.25, -0.2) is 9.59 Å². The molecular formula is C40H28Br4O6S2Zn. The van der Waals surface area contributed by atoms with E-state index in [0.29, 0.717) is 11.5 Å². The molecule has 0 saturated carbocycles. The molecule has 266 valence electrons. The van der Waals surface area contributed by atoms with Crippen molar-refractivity contribution >= 4 is 118 Å². The second kappa shape index (κ2) is 21.1. The fraction of sp³-hybridized carbons (Fsp3) is 0.0500. The van der Waals surface area contributed by atoms with Gasteiger partial charge in [0, 0.05) is 49.3 Å². The van der Waals surface area contributed by atoms with Gasteiger partial charge in [0.15, 0.2) is 13.2 Å². The van der Waals surface area contributed by atoms with Crippen LogP contribution in [0.15, 0.2) is 141 Å². The average molecular weight is 1050 g/mol. The second-order valence-corrected chi connectivity index (χ2v) is 17.2. The predicted octanol–water partition coefficient (Wildman–Crippen LogP) is 12.6. The molecule has 13 heteroatoms. The van der Waals surface area contributed by atoms with E-state index in [4.69, 9.17) is 19.7 Å². The Hall–Kier alpha value is -3.16. The van der Waals surface area contributed by atoms with Crippen molar-refractivity contribution in [3.63, 3.8) is 0 Å². The summed E-state index contributed by atoms with van der Waals surface area (Å²) in [4.78, 5) is 23.5. The molecule has 0 fully saturated rings. The molecule has 0 radical (unpaired) electrons. The van der Waals surface area contributed by atoms with E-state index in [1.807, 2.05) is 72.8 Å². The zero-order valence-electron chi connectivity index (χ0n) is 27.7. The van der Waals surface area contributed by atoms with Crippen molar-refractivity contribution in [1.82, 2.24) is 0 Å². The van der Waals surface area contributed by atoms with E-state index in [-0.39, 0.29) is 32.7 Å². The van der Waals surface area contributed by atoms with Gasteiger partial charge in [0.1, 0.15) is 11.5 Å². The van der Waals surface area contributed by atoms with Crippen molar-refractivity contribution in [3.8, 4) is 11.5 Å². The number of carboxylic acids is 2. The molecule has 0 aliphatic rings. The van der Waals surface area contributed by atoms with Gasteiger partial charge in [-0.15, -0.1) is 22.7 Å². The molecule has 2 heterocycles. The minimum absolute atomic E-state index is 0.